The Bertz CT molecular complexity index is 802. The number of hydrogen-bond donors (Lipinski definition) is 3. The number of carbonyl (C=O) groups is 1. The van der Waals surface area contributed by atoms with Crippen molar-refractivity contribution >= 4 is 51.7 Å². The van der Waals surface area contributed by atoms with Gasteiger partial charge in [-0.2, -0.15) is 0 Å². The summed E-state index contributed by atoms with van der Waals surface area (Å²) in [4.78, 5) is 16.7. The molecule has 3 N–H and O–H groups in total. The number of hydrogen-bond acceptors (Lipinski definition) is 5. The molecule has 112 valence electrons. The number of rotatable bonds is 3. The number of urea groups is 1. The molecule has 5 nitrogen and oxygen atoms in total. The van der Waals surface area contributed by atoms with E-state index in [0.717, 1.165) is 0 Å². The molecule has 0 unspecified atom stereocenters. The number of anilines is 2. The lowest BCUT2D eigenvalue weighted by molar-refractivity contribution is 0.262. The van der Waals surface area contributed by atoms with Crippen LogP contribution in [-0.2, 0) is 0 Å². The summed E-state index contributed by atoms with van der Waals surface area (Å²) < 4.78 is 0.499. The van der Waals surface area contributed by atoms with Gasteiger partial charge in [-0.1, -0.05) is 17.7 Å². The number of amides is 2. The first-order valence-corrected chi connectivity index (χ1v) is 8.31. The molecule has 3 heterocycles. The molecule has 0 aliphatic rings. The molecule has 0 aliphatic carbocycles. The molecule has 0 spiro atoms. The van der Waals surface area contributed by atoms with E-state index in [-0.39, 0.29) is 5.75 Å². The fourth-order valence-corrected chi connectivity index (χ4v) is 3.48. The van der Waals surface area contributed by atoms with Gasteiger partial charge in [-0.05, 0) is 23.6 Å². The fraction of sp³-hybridized carbons (Fsp3) is 0. The molecule has 0 radical (unpaired) electrons. The average molecular weight is 352 g/mol. The normalized spacial score (nSPS) is 10.4. The van der Waals surface area contributed by atoms with Crippen molar-refractivity contribution in [3.63, 3.8) is 0 Å². The Labute approximate surface area is 139 Å². The van der Waals surface area contributed by atoms with Crippen LogP contribution in [0, 0.1) is 0 Å². The Morgan fingerprint density at radius 2 is 2.00 bits per heavy atom. The number of halogens is 1. The third-order valence-corrected chi connectivity index (χ3v) is 4.94. The lowest BCUT2D eigenvalue weighted by Crippen LogP contribution is -2.18. The van der Waals surface area contributed by atoms with Crippen LogP contribution < -0.4 is 10.6 Å². The lowest BCUT2D eigenvalue weighted by atomic mass is 10.3. The smallest absolute Gasteiger partial charge is 0.323 e. The highest BCUT2D eigenvalue weighted by atomic mass is 35.5. The maximum atomic E-state index is 11.9. The molecule has 3 aromatic rings. The summed E-state index contributed by atoms with van der Waals surface area (Å²) in [6, 6.07) is 6.66. The summed E-state index contributed by atoms with van der Waals surface area (Å²) in [6.45, 7) is 0. The molecule has 2 amide bonds. The van der Waals surface area contributed by atoms with Crippen LogP contribution in [0.2, 0.25) is 4.34 Å². The molecule has 0 atom stereocenters. The van der Waals surface area contributed by atoms with E-state index in [1.807, 2.05) is 6.07 Å². The van der Waals surface area contributed by atoms with E-state index >= 15 is 0 Å². The number of nitrogens with zero attached hydrogens (tertiary/aromatic N) is 1. The van der Waals surface area contributed by atoms with Crippen LogP contribution in [0.5, 0.6) is 5.75 Å². The minimum absolute atomic E-state index is 0.00438. The molecule has 0 aliphatic heterocycles. The Kier molecular flexibility index (Phi) is 4.28. The van der Waals surface area contributed by atoms with Crippen LogP contribution in [0.15, 0.2) is 41.2 Å². The molecule has 0 aromatic carbocycles. The highest BCUT2D eigenvalue weighted by molar-refractivity contribution is 7.15. The predicted molar refractivity (Wildman–Crippen MR) is 91.2 cm³/mol. The maximum absolute atomic E-state index is 11.9. The van der Waals surface area contributed by atoms with Gasteiger partial charge in [0.15, 0.2) is 5.75 Å². The van der Waals surface area contributed by atoms with Gasteiger partial charge in [-0.25, -0.2) is 4.79 Å². The van der Waals surface area contributed by atoms with Gasteiger partial charge in [0.1, 0.15) is 4.34 Å². The van der Waals surface area contributed by atoms with Crippen molar-refractivity contribution in [2.45, 2.75) is 0 Å². The van der Waals surface area contributed by atoms with E-state index in [1.54, 1.807) is 35.2 Å². The first kappa shape index (κ1) is 14.8. The van der Waals surface area contributed by atoms with Crippen LogP contribution in [0.3, 0.4) is 0 Å². The van der Waals surface area contributed by atoms with Crippen LogP contribution in [0.4, 0.5) is 16.2 Å². The second-order valence-electron chi connectivity index (χ2n) is 4.23. The summed E-state index contributed by atoms with van der Waals surface area (Å²) in [7, 11) is 0. The fourth-order valence-electron chi connectivity index (χ4n) is 1.78. The van der Waals surface area contributed by atoms with Crippen molar-refractivity contribution in [2.24, 2.45) is 0 Å². The number of carbonyl (C=O) groups excluding carboxylic acids is 1. The summed E-state index contributed by atoms with van der Waals surface area (Å²) in [5, 5.41) is 18.9. The SMILES string of the molecule is O=C(Nc1ccsc1Cl)Nc1csc(-c2ccccn2)c1O. The first-order chi connectivity index (χ1) is 10.6. The van der Waals surface area contributed by atoms with Gasteiger partial charge in [-0.15, -0.1) is 22.7 Å². The third-order valence-electron chi connectivity index (χ3n) is 2.78. The number of aromatic nitrogens is 1. The minimum Gasteiger partial charge on any atom is -0.504 e. The molecule has 0 saturated heterocycles. The minimum atomic E-state index is -0.471. The van der Waals surface area contributed by atoms with Crippen molar-refractivity contribution in [1.82, 2.24) is 4.98 Å². The average Bonchev–Trinajstić information content (AvgIpc) is 3.07. The van der Waals surface area contributed by atoms with Gasteiger partial charge in [-0.3, -0.25) is 4.98 Å². The molecule has 0 bridgehead atoms. The quantitative estimate of drug-likeness (QED) is 0.629. The highest BCUT2D eigenvalue weighted by Gasteiger charge is 2.15. The molecule has 22 heavy (non-hydrogen) atoms. The molecule has 0 saturated carbocycles. The van der Waals surface area contributed by atoms with Gasteiger partial charge < -0.3 is 15.7 Å². The van der Waals surface area contributed by atoms with E-state index in [0.29, 0.717) is 26.3 Å². The van der Waals surface area contributed by atoms with Gasteiger partial charge in [0.25, 0.3) is 0 Å². The summed E-state index contributed by atoms with van der Waals surface area (Å²) in [5.74, 6) is -0.00438. The Balaban J connectivity index is 1.75. The van der Waals surface area contributed by atoms with E-state index < -0.39 is 6.03 Å². The van der Waals surface area contributed by atoms with Crippen LogP contribution in [-0.4, -0.2) is 16.1 Å². The van der Waals surface area contributed by atoms with Crippen LogP contribution >= 0.6 is 34.3 Å². The molecule has 0 fully saturated rings. The van der Waals surface area contributed by atoms with Crippen molar-refractivity contribution in [3.8, 4) is 16.3 Å². The molecule has 3 rings (SSSR count). The van der Waals surface area contributed by atoms with E-state index in [4.69, 9.17) is 11.6 Å². The number of thiophene rings is 2. The number of nitrogens with one attached hydrogen (secondary N) is 2. The van der Waals surface area contributed by atoms with Crippen molar-refractivity contribution in [1.29, 1.82) is 0 Å². The number of aromatic hydroxyl groups is 1. The number of pyridine rings is 1. The van der Waals surface area contributed by atoms with Crippen LogP contribution in [0.1, 0.15) is 0 Å². The zero-order chi connectivity index (χ0) is 15.5. The third kappa shape index (κ3) is 3.06. The monoisotopic (exact) mass is 351 g/mol. The summed E-state index contributed by atoms with van der Waals surface area (Å²) in [5.41, 5.74) is 1.51. The lowest BCUT2D eigenvalue weighted by Gasteiger charge is -2.06. The van der Waals surface area contributed by atoms with Gasteiger partial charge >= 0.3 is 6.03 Å². The molecular formula is C14H10ClN3O2S2. The zero-order valence-electron chi connectivity index (χ0n) is 11.0. The summed E-state index contributed by atoms with van der Waals surface area (Å²) >= 11 is 8.55. The molecule has 3 aromatic heterocycles. The van der Waals surface area contributed by atoms with Gasteiger partial charge in [0.2, 0.25) is 0 Å². The van der Waals surface area contributed by atoms with E-state index in [1.165, 1.54) is 22.7 Å². The largest absolute Gasteiger partial charge is 0.504 e. The van der Waals surface area contributed by atoms with E-state index in [9.17, 15) is 9.90 Å². The van der Waals surface area contributed by atoms with Crippen LogP contribution in [0.25, 0.3) is 10.6 Å². The maximum Gasteiger partial charge on any atom is 0.323 e. The second-order valence-corrected chi connectivity index (χ2v) is 6.63. The van der Waals surface area contributed by atoms with E-state index in [2.05, 4.69) is 15.6 Å². The van der Waals surface area contributed by atoms with Crippen molar-refractivity contribution in [3.05, 3.63) is 45.6 Å². The Morgan fingerprint density at radius 3 is 2.68 bits per heavy atom. The Hall–Kier alpha value is -2.09. The highest BCUT2D eigenvalue weighted by Crippen LogP contribution is 2.40. The van der Waals surface area contributed by atoms with Crippen molar-refractivity contribution in [2.75, 3.05) is 10.6 Å². The van der Waals surface area contributed by atoms with Gasteiger partial charge in [0.05, 0.1) is 21.9 Å². The standard InChI is InChI=1S/C14H10ClN3O2S2/c15-13-9(4-6-21-13)17-14(20)18-10-7-22-12(11(10)19)8-3-1-2-5-16-8/h1-7,19H,(H2,17,18,20). The van der Waals surface area contributed by atoms with Gasteiger partial charge in [0, 0.05) is 11.6 Å². The first-order valence-electron chi connectivity index (χ1n) is 6.18. The predicted octanol–water partition coefficient (Wildman–Crippen LogP) is 4.87. The molecule has 8 heteroatoms. The molecular weight excluding hydrogens is 342 g/mol. The van der Waals surface area contributed by atoms with Crippen molar-refractivity contribution < 1.29 is 9.90 Å². The summed E-state index contributed by atoms with van der Waals surface area (Å²) in [6.07, 6.45) is 1.65. The topological polar surface area (TPSA) is 74.2 Å². The Morgan fingerprint density at radius 1 is 1.18 bits per heavy atom. The second kappa shape index (κ2) is 6.35. The zero-order valence-corrected chi connectivity index (χ0v) is 13.4.